The summed E-state index contributed by atoms with van der Waals surface area (Å²) in [6.07, 6.45) is 6.79. The summed E-state index contributed by atoms with van der Waals surface area (Å²) < 4.78 is 13.6. The Balaban J connectivity index is 1.14. The predicted octanol–water partition coefficient (Wildman–Crippen LogP) is 13.1. The zero-order valence-electron chi connectivity index (χ0n) is 33.9. The van der Waals surface area contributed by atoms with Gasteiger partial charge in [0.2, 0.25) is 0 Å². The van der Waals surface area contributed by atoms with Crippen molar-refractivity contribution in [2.75, 3.05) is 31.2 Å². The van der Waals surface area contributed by atoms with Crippen LogP contribution in [0, 0.1) is 0 Å². The van der Waals surface area contributed by atoms with E-state index in [9.17, 15) is 0 Å². The fourth-order valence-electron chi connectivity index (χ4n) is 11.1. The van der Waals surface area contributed by atoms with Gasteiger partial charge in [-0.15, -0.1) is 0 Å². The number of nitrogens with zero attached hydrogens (tertiary/aromatic N) is 1. The summed E-state index contributed by atoms with van der Waals surface area (Å²) in [6, 6.07) is 52.2. The van der Waals surface area contributed by atoms with Gasteiger partial charge in [-0.05, 0) is 104 Å². The van der Waals surface area contributed by atoms with E-state index in [0.717, 1.165) is 61.4 Å². The zero-order chi connectivity index (χ0) is 39.2. The molecule has 58 heavy (non-hydrogen) atoms. The van der Waals surface area contributed by atoms with Crippen LogP contribution in [0.2, 0.25) is 0 Å². The first-order chi connectivity index (χ1) is 28.4. The number of fused-ring (bicyclic) bond motifs is 11. The van der Waals surface area contributed by atoms with Crippen LogP contribution in [-0.4, -0.2) is 26.3 Å². The monoisotopic (exact) mass is 755 g/mol. The van der Waals surface area contributed by atoms with Gasteiger partial charge in [0.25, 0.3) is 0 Å². The molecule has 4 aliphatic rings. The Hall–Kier alpha value is -5.90. The van der Waals surface area contributed by atoms with Crippen molar-refractivity contribution in [2.45, 2.75) is 57.0 Å². The Kier molecular flexibility index (Phi) is 7.94. The van der Waals surface area contributed by atoms with Crippen molar-refractivity contribution in [3.63, 3.8) is 0 Å². The summed E-state index contributed by atoms with van der Waals surface area (Å²) in [6.45, 7) is 12.8. The number of anilines is 1. The van der Waals surface area contributed by atoms with E-state index in [0.29, 0.717) is 0 Å². The van der Waals surface area contributed by atoms with Crippen molar-refractivity contribution in [3.05, 3.63) is 185 Å². The minimum atomic E-state index is -0.861. The second-order valence-corrected chi connectivity index (χ2v) is 17.2. The molecular weight excluding hydrogens is 707 g/mol. The third kappa shape index (κ3) is 4.89. The lowest BCUT2D eigenvalue weighted by Crippen LogP contribution is -2.37. The molecule has 0 aromatic heterocycles. The average Bonchev–Trinajstić information content (AvgIpc) is 3.71. The van der Waals surface area contributed by atoms with Gasteiger partial charge in [0.1, 0.15) is 5.75 Å². The number of morpholine rings is 1. The smallest absolute Gasteiger partial charge is 0.178 e. The third-order valence-electron chi connectivity index (χ3n) is 14.2. The maximum absolute atomic E-state index is 7.87. The molecule has 1 atom stereocenters. The molecule has 0 N–H and O–H groups in total. The average molecular weight is 756 g/mol. The van der Waals surface area contributed by atoms with E-state index >= 15 is 0 Å². The van der Waals surface area contributed by atoms with Gasteiger partial charge >= 0.3 is 0 Å². The highest BCUT2D eigenvalue weighted by Crippen LogP contribution is 2.61. The molecule has 2 aliphatic carbocycles. The van der Waals surface area contributed by atoms with Crippen molar-refractivity contribution in [2.24, 2.45) is 0 Å². The number of hydrogen-bond acceptors (Lipinski definition) is 3. The van der Waals surface area contributed by atoms with Gasteiger partial charge < -0.3 is 14.4 Å². The SMILES string of the molecule is CCC1(CC)c2cc(-c3ccccc3)ccc2-c2c1c1c(c3ccccc23)OC(c2ccc(N3CCOCC3)cc2)(c2ccc3c(c2)C(C)(C)c2ccccc2-3)C=C1. The molecule has 1 unspecified atom stereocenters. The zero-order valence-corrected chi connectivity index (χ0v) is 33.9. The lowest BCUT2D eigenvalue weighted by atomic mass is 9.70. The molecule has 3 nitrogen and oxygen atoms in total. The molecule has 0 spiro atoms. The quantitative estimate of drug-likeness (QED) is 0.169. The molecule has 7 aromatic carbocycles. The minimum absolute atomic E-state index is 0.140. The van der Waals surface area contributed by atoms with Gasteiger partial charge in [-0.3, -0.25) is 0 Å². The number of rotatable bonds is 6. The van der Waals surface area contributed by atoms with Crippen molar-refractivity contribution in [3.8, 4) is 39.1 Å². The molecule has 2 heterocycles. The molecule has 0 amide bonds. The summed E-state index contributed by atoms with van der Waals surface area (Å²) >= 11 is 0. The molecule has 3 heteroatoms. The second-order valence-electron chi connectivity index (χ2n) is 17.2. The number of benzene rings is 7. The summed E-state index contributed by atoms with van der Waals surface area (Å²) in [4.78, 5) is 2.43. The van der Waals surface area contributed by atoms with E-state index in [-0.39, 0.29) is 10.8 Å². The van der Waals surface area contributed by atoms with E-state index in [1.54, 1.807) is 0 Å². The van der Waals surface area contributed by atoms with Crippen LogP contribution in [-0.2, 0) is 21.2 Å². The van der Waals surface area contributed by atoms with Crippen LogP contribution in [0.25, 0.3) is 50.2 Å². The second kappa shape index (κ2) is 13.1. The third-order valence-corrected chi connectivity index (χ3v) is 14.2. The van der Waals surface area contributed by atoms with Gasteiger partial charge in [0, 0.05) is 51.7 Å². The van der Waals surface area contributed by atoms with Crippen LogP contribution >= 0.6 is 0 Å². The first kappa shape index (κ1) is 35.3. The molecule has 2 aliphatic heterocycles. The van der Waals surface area contributed by atoms with Crippen molar-refractivity contribution in [1.29, 1.82) is 0 Å². The normalized spacial score (nSPS) is 19.2. The van der Waals surface area contributed by atoms with E-state index in [1.165, 1.54) is 72.3 Å². The van der Waals surface area contributed by atoms with Crippen LogP contribution < -0.4 is 9.64 Å². The first-order valence-corrected chi connectivity index (χ1v) is 21.2. The van der Waals surface area contributed by atoms with Gasteiger partial charge in [-0.25, -0.2) is 0 Å². The van der Waals surface area contributed by atoms with E-state index in [4.69, 9.17) is 9.47 Å². The lowest BCUT2D eigenvalue weighted by molar-refractivity contribution is 0.122. The number of hydrogen-bond donors (Lipinski definition) is 0. The van der Waals surface area contributed by atoms with E-state index < -0.39 is 5.60 Å². The molecular formula is C55H49NO2. The standard InChI is InChI=1S/C55H49NO2/c1-5-54(6-2)49-34-37(36-14-8-7-9-15-36)20-26-45(49)50-43-17-10-11-18-44(43)52-46(51(50)54)28-29-55(58-52,38-21-24-40(25-22-38)56-30-32-57-33-31-56)39-23-27-42-41-16-12-13-19-47(41)53(3,4)48(42)35-39/h7-29,34-35H,5-6,30-33H2,1-4H3. The van der Waals surface area contributed by atoms with Gasteiger partial charge in [-0.2, -0.15) is 0 Å². The highest BCUT2D eigenvalue weighted by atomic mass is 16.5. The first-order valence-electron chi connectivity index (χ1n) is 21.2. The van der Waals surface area contributed by atoms with Crippen molar-refractivity contribution >= 4 is 22.5 Å². The largest absolute Gasteiger partial charge is 0.472 e. The Morgan fingerprint density at radius 2 is 1.26 bits per heavy atom. The fourth-order valence-corrected chi connectivity index (χ4v) is 11.1. The van der Waals surface area contributed by atoms with E-state index in [1.807, 2.05) is 0 Å². The molecule has 1 saturated heterocycles. The highest BCUT2D eigenvalue weighted by molar-refractivity contribution is 6.09. The van der Waals surface area contributed by atoms with Crippen LogP contribution in [0.4, 0.5) is 5.69 Å². The Morgan fingerprint density at radius 3 is 2.03 bits per heavy atom. The van der Waals surface area contributed by atoms with Crippen molar-refractivity contribution < 1.29 is 9.47 Å². The molecule has 11 rings (SSSR count). The molecule has 7 aromatic rings. The summed E-state index contributed by atoms with van der Waals surface area (Å²) in [5.41, 5.74) is 17.0. The summed E-state index contributed by atoms with van der Waals surface area (Å²) in [7, 11) is 0. The summed E-state index contributed by atoms with van der Waals surface area (Å²) in [5, 5.41) is 2.41. The van der Waals surface area contributed by atoms with Gasteiger partial charge in [0.05, 0.1) is 13.2 Å². The maximum atomic E-state index is 7.87. The van der Waals surface area contributed by atoms with Crippen LogP contribution in [0.3, 0.4) is 0 Å². The van der Waals surface area contributed by atoms with Crippen molar-refractivity contribution in [1.82, 2.24) is 0 Å². The molecule has 286 valence electrons. The van der Waals surface area contributed by atoms with E-state index in [2.05, 4.69) is 184 Å². The summed E-state index contributed by atoms with van der Waals surface area (Å²) in [5.74, 6) is 0.972. The molecule has 1 fully saturated rings. The molecule has 0 radical (unpaired) electrons. The Morgan fingerprint density at radius 1 is 0.586 bits per heavy atom. The van der Waals surface area contributed by atoms with Crippen LogP contribution in [0.1, 0.15) is 79.5 Å². The van der Waals surface area contributed by atoms with Gasteiger partial charge in [0.15, 0.2) is 5.60 Å². The highest BCUT2D eigenvalue weighted by Gasteiger charge is 2.47. The van der Waals surface area contributed by atoms with Crippen LogP contribution in [0.15, 0.2) is 146 Å². The minimum Gasteiger partial charge on any atom is -0.472 e. The maximum Gasteiger partial charge on any atom is 0.178 e. The van der Waals surface area contributed by atoms with Crippen LogP contribution in [0.5, 0.6) is 5.75 Å². The Bertz CT molecular complexity index is 2790. The fraction of sp³-hybridized carbons (Fsp3) is 0.236. The topological polar surface area (TPSA) is 21.7 Å². The lowest BCUT2D eigenvalue weighted by Gasteiger charge is -2.40. The predicted molar refractivity (Wildman–Crippen MR) is 240 cm³/mol. The number of ether oxygens (including phenoxy) is 2. The van der Waals surface area contributed by atoms with Gasteiger partial charge in [-0.1, -0.05) is 149 Å². The molecule has 0 bridgehead atoms. The molecule has 0 saturated carbocycles. The Labute approximate surface area is 342 Å².